The molecule has 1 heteroatoms. The fourth-order valence-electron chi connectivity index (χ4n) is 2.38. The summed E-state index contributed by atoms with van der Waals surface area (Å²) in [4.78, 5) is 0. The summed E-state index contributed by atoms with van der Waals surface area (Å²) in [6.45, 7) is 6.35. The molecule has 0 aromatic heterocycles. The number of ether oxygens (including phenoxy) is 1. The minimum absolute atomic E-state index is 0.858. The second kappa shape index (κ2) is 6.07. The predicted molar refractivity (Wildman–Crippen MR) is 92.6 cm³/mol. The monoisotopic (exact) mass is 288 g/mol. The molecule has 3 aromatic rings. The van der Waals surface area contributed by atoms with Crippen LogP contribution < -0.4 is 4.74 Å². The van der Waals surface area contributed by atoms with Crippen molar-refractivity contribution in [1.82, 2.24) is 0 Å². The molecule has 0 amide bonds. The lowest BCUT2D eigenvalue weighted by molar-refractivity contribution is 0.482. The largest absolute Gasteiger partial charge is 0.457 e. The lowest BCUT2D eigenvalue weighted by Gasteiger charge is -2.08. The third-order valence-electron chi connectivity index (χ3n) is 3.95. The molecule has 0 aliphatic carbocycles. The van der Waals surface area contributed by atoms with Crippen LogP contribution in [-0.2, 0) is 0 Å². The van der Waals surface area contributed by atoms with Crippen molar-refractivity contribution in [2.45, 2.75) is 20.8 Å². The summed E-state index contributed by atoms with van der Waals surface area (Å²) in [6.07, 6.45) is 0. The van der Waals surface area contributed by atoms with Crippen molar-refractivity contribution in [3.8, 4) is 22.6 Å². The van der Waals surface area contributed by atoms with Gasteiger partial charge in [0.05, 0.1) is 0 Å². The number of aryl methyl sites for hydroxylation is 3. The summed E-state index contributed by atoms with van der Waals surface area (Å²) in [5.41, 5.74) is 6.32. The molecule has 1 nitrogen and oxygen atoms in total. The highest BCUT2D eigenvalue weighted by atomic mass is 16.5. The maximum Gasteiger partial charge on any atom is 0.127 e. The molecule has 0 saturated carbocycles. The van der Waals surface area contributed by atoms with Crippen LogP contribution in [0.5, 0.6) is 11.5 Å². The number of hydrogen-bond acceptors (Lipinski definition) is 1. The Balaban J connectivity index is 1.80. The Morgan fingerprint density at radius 1 is 0.545 bits per heavy atom. The van der Waals surface area contributed by atoms with E-state index in [9.17, 15) is 0 Å². The van der Waals surface area contributed by atoms with Crippen molar-refractivity contribution in [2.24, 2.45) is 0 Å². The van der Waals surface area contributed by atoms with E-state index in [-0.39, 0.29) is 0 Å². The molecule has 0 aliphatic rings. The van der Waals surface area contributed by atoms with Gasteiger partial charge in [0.2, 0.25) is 0 Å². The van der Waals surface area contributed by atoms with Crippen LogP contribution in [0.4, 0.5) is 0 Å². The number of rotatable bonds is 3. The quantitative estimate of drug-likeness (QED) is 0.568. The van der Waals surface area contributed by atoms with Crippen molar-refractivity contribution in [3.63, 3.8) is 0 Å². The van der Waals surface area contributed by atoms with Gasteiger partial charge in [0.15, 0.2) is 0 Å². The Bertz CT molecular complexity index is 768. The van der Waals surface area contributed by atoms with Gasteiger partial charge < -0.3 is 4.74 Å². The highest BCUT2D eigenvalue weighted by molar-refractivity contribution is 5.65. The van der Waals surface area contributed by atoms with E-state index in [1.165, 1.54) is 27.8 Å². The summed E-state index contributed by atoms with van der Waals surface area (Å²) in [7, 11) is 0. The van der Waals surface area contributed by atoms with Crippen molar-refractivity contribution in [1.29, 1.82) is 0 Å². The Labute approximate surface area is 132 Å². The van der Waals surface area contributed by atoms with Crippen LogP contribution in [0.2, 0.25) is 0 Å². The van der Waals surface area contributed by atoms with E-state index < -0.39 is 0 Å². The second-order valence-electron chi connectivity index (χ2n) is 5.74. The van der Waals surface area contributed by atoms with Gasteiger partial charge in [0.25, 0.3) is 0 Å². The van der Waals surface area contributed by atoms with E-state index in [2.05, 4.69) is 63.2 Å². The molecule has 0 radical (unpaired) electrons. The second-order valence-corrected chi connectivity index (χ2v) is 5.74. The maximum absolute atomic E-state index is 5.87. The Morgan fingerprint density at radius 3 is 1.68 bits per heavy atom. The van der Waals surface area contributed by atoms with Crippen LogP contribution >= 0.6 is 0 Å². The minimum atomic E-state index is 0.858. The Hall–Kier alpha value is -2.54. The lowest BCUT2D eigenvalue weighted by atomic mass is 10.0. The molecule has 0 fully saturated rings. The van der Waals surface area contributed by atoms with E-state index in [4.69, 9.17) is 4.74 Å². The maximum atomic E-state index is 5.87. The minimum Gasteiger partial charge on any atom is -0.457 e. The van der Waals surface area contributed by atoms with Crippen LogP contribution in [0.25, 0.3) is 11.1 Å². The molecule has 0 heterocycles. The Morgan fingerprint density at radius 2 is 1.09 bits per heavy atom. The van der Waals surface area contributed by atoms with Crippen molar-refractivity contribution >= 4 is 0 Å². The zero-order chi connectivity index (χ0) is 15.5. The first-order valence-corrected chi connectivity index (χ1v) is 7.54. The fraction of sp³-hybridized carbons (Fsp3) is 0.143. The summed E-state index contributed by atoms with van der Waals surface area (Å²) >= 11 is 0. The van der Waals surface area contributed by atoms with E-state index in [0.29, 0.717) is 0 Å². The molecule has 0 bridgehead atoms. The van der Waals surface area contributed by atoms with Gasteiger partial charge >= 0.3 is 0 Å². The molecule has 0 aliphatic heterocycles. The first kappa shape index (κ1) is 14.4. The zero-order valence-electron chi connectivity index (χ0n) is 13.3. The number of benzene rings is 3. The summed E-state index contributed by atoms with van der Waals surface area (Å²) in [5, 5.41) is 0. The molecule has 3 aromatic carbocycles. The van der Waals surface area contributed by atoms with Gasteiger partial charge in [-0.3, -0.25) is 0 Å². The van der Waals surface area contributed by atoms with E-state index in [0.717, 1.165) is 11.5 Å². The molecule has 0 spiro atoms. The average Bonchev–Trinajstić information content (AvgIpc) is 2.53. The Kier molecular flexibility index (Phi) is 3.97. The normalized spacial score (nSPS) is 10.5. The first-order valence-electron chi connectivity index (χ1n) is 7.54. The molecule has 0 N–H and O–H groups in total. The highest BCUT2D eigenvalue weighted by Gasteiger charge is 2.02. The average molecular weight is 288 g/mol. The lowest BCUT2D eigenvalue weighted by Crippen LogP contribution is -1.86. The molecule has 0 atom stereocenters. The fourth-order valence-corrected chi connectivity index (χ4v) is 2.38. The molecule has 0 unspecified atom stereocenters. The third kappa shape index (κ3) is 3.20. The molecular formula is C21H20O. The van der Waals surface area contributed by atoms with Gasteiger partial charge in [0.1, 0.15) is 11.5 Å². The first-order chi connectivity index (χ1) is 10.6. The summed E-state index contributed by atoms with van der Waals surface area (Å²) in [6, 6.07) is 22.9. The van der Waals surface area contributed by atoms with Gasteiger partial charge in [-0.2, -0.15) is 0 Å². The van der Waals surface area contributed by atoms with Crippen molar-refractivity contribution in [3.05, 3.63) is 83.4 Å². The van der Waals surface area contributed by atoms with E-state index in [1.54, 1.807) is 0 Å². The standard InChI is InChI=1S/C21H20O/c1-15-4-10-20(11-5-15)22-21-12-8-18(9-13-21)19-7-6-16(2)17(3)14-19/h4-14H,1-3H3. The highest BCUT2D eigenvalue weighted by Crippen LogP contribution is 2.27. The van der Waals surface area contributed by atoms with Crippen LogP contribution in [-0.4, -0.2) is 0 Å². The van der Waals surface area contributed by atoms with Crippen molar-refractivity contribution < 1.29 is 4.74 Å². The predicted octanol–water partition coefficient (Wildman–Crippen LogP) is 6.07. The van der Waals surface area contributed by atoms with Gasteiger partial charge in [0, 0.05) is 0 Å². The van der Waals surface area contributed by atoms with Crippen LogP contribution in [0.1, 0.15) is 16.7 Å². The van der Waals surface area contributed by atoms with Gasteiger partial charge in [-0.15, -0.1) is 0 Å². The van der Waals surface area contributed by atoms with Crippen LogP contribution in [0.15, 0.2) is 66.7 Å². The van der Waals surface area contributed by atoms with E-state index >= 15 is 0 Å². The summed E-state index contributed by atoms with van der Waals surface area (Å²) in [5.74, 6) is 1.72. The topological polar surface area (TPSA) is 9.23 Å². The molecule has 0 saturated heterocycles. The van der Waals surface area contributed by atoms with Crippen LogP contribution in [0, 0.1) is 20.8 Å². The van der Waals surface area contributed by atoms with Crippen LogP contribution in [0.3, 0.4) is 0 Å². The van der Waals surface area contributed by atoms with E-state index in [1.807, 2.05) is 24.3 Å². The van der Waals surface area contributed by atoms with Gasteiger partial charge in [-0.25, -0.2) is 0 Å². The number of hydrogen-bond donors (Lipinski definition) is 0. The molecule has 3 rings (SSSR count). The van der Waals surface area contributed by atoms with Gasteiger partial charge in [-0.05, 0) is 67.3 Å². The SMILES string of the molecule is Cc1ccc(Oc2ccc(-c3ccc(C)c(C)c3)cc2)cc1. The molecular weight excluding hydrogens is 268 g/mol. The molecule has 110 valence electrons. The van der Waals surface area contributed by atoms with Crippen molar-refractivity contribution in [2.75, 3.05) is 0 Å². The van der Waals surface area contributed by atoms with Gasteiger partial charge in [-0.1, -0.05) is 48.0 Å². The third-order valence-corrected chi connectivity index (χ3v) is 3.95. The summed E-state index contributed by atoms with van der Waals surface area (Å²) < 4.78 is 5.87. The molecule has 22 heavy (non-hydrogen) atoms. The zero-order valence-corrected chi connectivity index (χ0v) is 13.3. The smallest absolute Gasteiger partial charge is 0.127 e.